The second-order valence-corrected chi connectivity index (χ2v) is 9.90. The summed E-state index contributed by atoms with van der Waals surface area (Å²) in [6.07, 6.45) is 8.43. The van der Waals surface area contributed by atoms with Gasteiger partial charge in [-0.1, -0.05) is 85.8 Å². The fraction of sp³-hybridized carbons (Fsp3) is 0.375. The van der Waals surface area contributed by atoms with Crippen molar-refractivity contribution in [3.05, 3.63) is 54.1 Å². The third-order valence-corrected chi connectivity index (χ3v) is 9.17. The molecule has 1 aromatic carbocycles. The summed E-state index contributed by atoms with van der Waals surface area (Å²) >= 11 is 0. The van der Waals surface area contributed by atoms with E-state index in [4.69, 9.17) is 0 Å². The molecule has 0 saturated heterocycles. The molecule has 0 fully saturated rings. The molecule has 0 heterocycles. The average molecular weight is 242 g/mol. The van der Waals surface area contributed by atoms with E-state index >= 15 is 0 Å². The molecule has 0 spiro atoms. The predicted octanol–water partition coefficient (Wildman–Crippen LogP) is 4.27. The zero-order chi connectivity index (χ0) is 12.3. The Balaban J connectivity index is 2.34. The molecule has 2 unspecified atom stereocenters. The summed E-state index contributed by atoms with van der Waals surface area (Å²) < 4.78 is 0. The minimum absolute atomic E-state index is 0.685. The third-order valence-electron chi connectivity index (χ3n) is 4.22. The predicted molar refractivity (Wildman–Crippen MR) is 79.4 cm³/mol. The average Bonchev–Trinajstić information content (AvgIpc) is 2.88. The summed E-state index contributed by atoms with van der Waals surface area (Å²) in [7, 11) is -1.39. The van der Waals surface area contributed by atoms with Crippen LogP contribution < -0.4 is 5.19 Å². The van der Waals surface area contributed by atoms with E-state index in [0.29, 0.717) is 5.54 Å². The van der Waals surface area contributed by atoms with Crippen molar-refractivity contribution in [2.45, 2.75) is 38.4 Å². The standard InChI is InChI=1S/C16H22Si/c1-4-14-11-12-16(13-14)17(3,5-2)15-9-7-6-8-10-15/h6-13,16H,4-5H2,1-3H3. The molecule has 1 aliphatic carbocycles. The van der Waals surface area contributed by atoms with Gasteiger partial charge in [-0.05, 0) is 12.0 Å². The molecular formula is C16H22Si. The lowest BCUT2D eigenvalue weighted by Crippen LogP contribution is -2.47. The first-order chi connectivity index (χ1) is 8.20. The Kier molecular flexibility index (Phi) is 3.68. The molecule has 0 saturated carbocycles. The molecule has 90 valence electrons. The van der Waals surface area contributed by atoms with E-state index in [9.17, 15) is 0 Å². The van der Waals surface area contributed by atoms with Crippen molar-refractivity contribution in [3.8, 4) is 0 Å². The first-order valence-electron chi connectivity index (χ1n) is 6.65. The van der Waals surface area contributed by atoms with Gasteiger partial charge in [-0.2, -0.15) is 0 Å². The lowest BCUT2D eigenvalue weighted by Gasteiger charge is -2.31. The Hall–Kier alpha value is -1.08. The highest BCUT2D eigenvalue weighted by atomic mass is 28.3. The Morgan fingerprint density at radius 1 is 1.12 bits per heavy atom. The molecule has 2 rings (SSSR count). The summed E-state index contributed by atoms with van der Waals surface area (Å²) in [6.45, 7) is 7.11. The maximum absolute atomic E-state index is 2.52. The van der Waals surface area contributed by atoms with E-state index in [2.05, 4.69) is 69.0 Å². The molecule has 0 aromatic heterocycles. The Morgan fingerprint density at radius 3 is 2.35 bits per heavy atom. The summed E-state index contributed by atoms with van der Waals surface area (Å²) in [4.78, 5) is 0. The minimum Gasteiger partial charge on any atom is -0.0797 e. The molecule has 1 aromatic rings. The van der Waals surface area contributed by atoms with Crippen LogP contribution in [0.5, 0.6) is 0 Å². The Labute approximate surface area is 106 Å². The SMILES string of the molecule is CCC1=CC([Si](C)(CC)c2ccccc2)C=C1. The lowest BCUT2D eigenvalue weighted by molar-refractivity contribution is 1.14. The maximum Gasteiger partial charge on any atom is 0.0939 e. The number of allylic oxidation sites excluding steroid dienone is 4. The maximum atomic E-state index is 2.52. The molecule has 17 heavy (non-hydrogen) atoms. The Morgan fingerprint density at radius 2 is 1.82 bits per heavy atom. The first-order valence-corrected chi connectivity index (χ1v) is 9.43. The molecule has 0 nitrogen and oxygen atoms in total. The van der Waals surface area contributed by atoms with Crippen LogP contribution in [0.1, 0.15) is 20.3 Å². The van der Waals surface area contributed by atoms with E-state index in [-0.39, 0.29) is 0 Å². The molecule has 0 bridgehead atoms. The van der Waals surface area contributed by atoms with Gasteiger partial charge in [0, 0.05) is 0 Å². The number of hydrogen-bond acceptors (Lipinski definition) is 0. The van der Waals surface area contributed by atoms with Crippen LogP contribution in [0.25, 0.3) is 0 Å². The van der Waals surface area contributed by atoms with E-state index < -0.39 is 8.07 Å². The van der Waals surface area contributed by atoms with E-state index in [1.807, 2.05) is 0 Å². The zero-order valence-electron chi connectivity index (χ0n) is 11.1. The number of rotatable bonds is 4. The molecule has 2 atom stereocenters. The van der Waals surface area contributed by atoms with Gasteiger partial charge in [-0.3, -0.25) is 0 Å². The van der Waals surface area contributed by atoms with Gasteiger partial charge in [0.05, 0.1) is 8.07 Å². The highest BCUT2D eigenvalue weighted by molar-refractivity contribution is 6.92. The zero-order valence-corrected chi connectivity index (χ0v) is 12.1. The molecule has 0 radical (unpaired) electrons. The number of hydrogen-bond donors (Lipinski definition) is 0. The van der Waals surface area contributed by atoms with E-state index in [0.717, 1.165) is 6.42 Å². The fourth-order valence-corrected chi connectivity index (χ4v) is 5.97. The van der Waals surface area contributed by atoms with Crippen LogP contribution in [0.3, 0.4) is 0 Å². The van der Waals surface area contributed by atoms with Crippen LogP contribution in [0.4, 0.5) is 0 Å². The van der Waals surface area contributed by atoms with E-state index in [1.54, 1.807) is 5.19 Å². The quantitative estimate of drug-likeness (QED) is 0.692. The van der Waals surface area contributed by atoms with Crippen LogP contribution in [0.15, 0.2) is 54.1 Å². The summed E-state index contributed by atoms with van der Waals surface area (Å²) in [5, 5.41) is 1.59. The van der Waals surface area contributed by atoms with Gasteiger partial charge in [-0.25, -0.2) is 0 Å². The molecule has 0 N–H and O–H groups in total. The van der Waals surface area contributed by atoms with Gasteiger partial charge in [0.2, 0.25) is 0 Å². The van der Waals surface area contributed by atoms with Crippen LogP contribution in [0.2, 0.25) is 18.1 Å². The second-order valence-electron chi connectivity index (χ2n) is 5.12. The topological polar surface area (TPSA) is 0 Å². The highest BCUT2D eigenvalue weighted by Gasteiger charge is 2.35. The lowest BCUT2D eigenvalue weighted by atomic mass is 10.2. The van der Waals surface area contributed by atoms with Crippen LogP contribution in [0, 0.1) is 0 Å². The number of benzene rings is 1. The normalized spacial score (nSPS) is 22.3. The van der Waals surface area contributed by atoms with Gasteiger partial charge >= 0.3 is 0 Å². The smallest absolute Gasteiger partial charge is 0.0797 e. The summed E-state index contributed by atoms with van der Waals surface area (Å²) in [6, 6.07) is 12.4. The van der Waals surface area contributed by atoms with Crippen molar-refractivity contribution >= 4 is 13.3 Å². The molecule has 0 amide bonds. The monoisotopic (exact) mass is 242 g/mol. The Bertz CT molecular complexity index is 430. The van der Waals surface area contributed by atoms with Crippen molar-refractivity contribution in [3.63, 3.8) is 0 Å². The van der Waals surface area contributed by atoms with Crippen molar-refractivity contribution in [1.82, 2.24) is 0 Å². The van der Waals surface area contributed by atoms with Gasteiger partial charge in [0.1, 0.15) is 0 Å². The molecule has 1 heteroatoms. The molecule has 1 aliphatic rings. The van der Waals surface area contributed by atoms with Crippen molar-refractivity contribution in [1.29, 1.82) is 0 Å². The van der Waals surface area contributed by atoms with E-state index in [1.165, 1.54) is 11.6 Å². The van der Waals surface area contributed by atoms with Gasteiger partial charge < -0.3 is 0 Å². The second kappa shape index (κ2) is 5.05. The van der Waals surface area contributed by atoms with Crippen molar-refractivity contribution < 1.29 is 0 Å². The van der Waals surface area contributed by atoms with Gasteiger partial charge in [0.25, 0.3) is 0 Å². The van der Waals surface area contributed by atoms with Gasteiger partial charge in [0.15, 0.2) is 0 Å². The molecule has 0 aliphatic heterocycles. The van der Waals surface area contributed by atoms with Crippen molar-refractivity contribution in [2.24, 2.45) is 0 Å². The first kappa shape index (κ1) is 12.4. The summed E-state index contributed by atoms with van der Waals surface area (Å²) in [5.41, 5.74) is 2.20. The highest BCUT2D eigenvalue weighted by Crippen LogP contribution is 2.34. The largest absolute Gasteiger partial charge is 0.0939 e. The van der Waals surface area contributed by atoms with Gasteiger partial charge in [-0.15, -0.1) is 0 Å². The third kappa shape index (κ3) is 2.30. The molecular weight excluding hydrogens is 220 g/mol. The van der Waals surface area contributed by atoms with Crippen molar-refractivity contribution in [2.75, 3.05) is 0 Å². The van der Waals surface area contributed by atoms with Crippen LogP contribution >= 0.6 is 0 Å². The van der Waals surface area contributed by atoms with Crippen LogP contribution in [-0.4, -0.2) is 8.07 Å². The summed E-state index contributed by atoms with van der Waals surface area (Å²) in [5.74, 6) is 0. The van der Waals surface area contributed by atoms with Crippen LogP contribution in [-0.2, 0) is 0 Å². The minimum atomic E-state index is -1.39. The fourth-order valence-electron chi connectivity index (χ4n) is 2.65.